The van der Waals surface area contributed by atoms with Gasteiger partial charge >= 0.3 is 5.76 Å². The molecule has 1 heterocycles. The van der Waals surface area contributed by atoms with Crippen molar-refractivity contribution in [1.82, 2.24) is 4.98 Å². The molecule has 0 bridgehead atoms. The molecule has 0 fully saturated rings. The predicted molar refractivity (Wildman–Crippen MR) is 83.9 cm³/mol. The average Bonchev–Trinajstić information content (AvgIpc) is 2.77. The first-order valence-electron chi connectivity index (χ1n) is 5.92. The lowest BCUT2D eigenvalue weighted by Gasteiger charge is -2.07. The van der Waals surface area contributed by atoms with Gasteiger partial charge < -0.3 is 9.73 Å². The van der Waals surface area contributed by atoms with Crippen molar-refractivity contribution >= 4 is 50.2 Å². The van der Waals surface area contributed by atoms with Crippen LogP contribution in [0.15, 0.2) is 50.1 Å². The third-order valence-electron chi connectivity index (χ3n) is 2.85. The highest BCUT2D eigenvalue weighted by Crippen LogP contribution is 2.23. The van der Waals surface area contributed by atoms with Crippen molar-refractivity contribution in [3.63, 3.8) is 0 Å². The molecule has 106 valence electrons. The summed E-state index contributed by atoms with van der Waals surface area (Å²) in [6.45, 7) is 0. The fourth-order valence-corrected chi connectivity index (χ4v) is 2.76. The summed E-state index contributed by atoms with van der Waals surface area (Å²) in [6, 6.07) is 9.80. The van der Waals surface area contributed by atoms with E-state index in [0.717, 1.165) is 0 Å². The van der Waals surface area contributed by atoms with Crippen LogP contribution in [-0.2, 0) is 0 Å². The minimum atomic E-state index is -0.533. The van der Waals surface area contributed by atoms with Gasteiger partial charge in [-0.05, 0) is 52.3 Å². The minimum Gasteiger partial charge on any atom is -0.408 e. The molecule has 0 aliphatic carbocycles. The summed E-state index contributed by atoms with van der Waals surface area (Å²) in [4.78, 5) is 25.8. The molecule has 1 aromatic heterocycles. The lowest BCUT2D eigenvalue weighted by molar-refractivity contribution is 0.102. The van der Waals surface area contributed by atoms with Crippen molar-refractivity contribution in [3.8, 4) is 0 Å². The van der Waals surface area contributed by atoms with Gasteiger partial charge in [0.05, 0.1) is 11.1 Å². The Morgan fingerprint density at radius 2 is 2.05 bits per heavy atom. The number of carbonyl (C=O) groups excluding carboxylic acids is 1. The highest BCUT2D eigenvalue weighted by atomic mass is 79.9. The van der Waals surface area contributed by atoms with Gasteiger partial charge in [-0.3, -0.25) is 9.78 Å². The van der Waals surface area contributed by atoms with Crippen LogP contribution in [0.25, 0.3) is 11.1 Å². The molecule has 0 atom stereocenters. The van der Waals surface area contributed by atoms with E-state index in [1.807, 2.05) is 0 Å². The van der Waals surface area contributed by atoms with E-state index >= 15 is 0 Å². The van der Waals surface area contributed by atoms with Crippen molar-refractivity contribution in [2.24, 2.45) is 0 Å². The summed E-state index contributed by atoms with van der Waals surface area (Å²) in [7, 11) is 0. The number of hydrogen-bond donors (Lipinski definition) is 2. The fraction of sp³-hybridized carbons (Fsp3) is 0. The van der Waals surface area contributed by atoms with Crippen LogP contribution >= 0.6 is 27.5 Å². The molecule has 0 saturated heterocycles. The van der Waals surface area contributed by atoms with Crippen LogP contribution < -0.4 is 11.1 Å². The van der Waals surface area contributed by atoms with Crippen LogP contribution in [0.3, 0.4) is 0 Å². The normalized spacial score (nSPS) is 10.8. The highest BCUT2D eigenvalue weighted by molar-refractivity contribution is 9.10. The molecule has 21 heavy (non-hydrogen) atoms. The summed E-state index contributed by atoms with van der Waals surface area (Å²) in [6.07, 6.45) is 0. The molecule has 0 unspecified atom stereocenters. The number of anilines is 1. The van der Waals surface area contributed by atoms with Crippen LogP contribution in [0.4, 0.5) is 5.69 Å². The van der Waals surface area contributed by atoms with E-state index in [0.29, 0.717) is 31.8 Å². The Kier molecular flexibility index (Phi) is 3.57. The molecule has 7 heteroatoms. The molecule has 0 saturated carbocycles. The molecule has 3 aromatic rings. The van der Waals surface area contributed by atoms with Crippen LogP contribution in [-0.4, -0.2) is 10.9 Å². The average molecular weight is 368 g/mol. The molecule has 1 amide bonds. The van der Waals surface area contributed by atoms with E-state index in [9.17, 15) is 9.59 Å². The van der Waals surface area contributed by atoms with Crippen molar-refractivity contribution in [1.29, 1.82) is 0 Å². The maximum Gasteiger partial charge on any atom is 0.417 e. The number of rotatable bonds is 2. The first-order valence-corrected chi connectivity index (χ1v) is 7.09. The van der Waals surface area contributed by atoms with Gasteiger partial charge in [0.25, 0.3) is 5.91 Å². The molecule has 2 N–H and O–H groups in total. The summed E-state index contributed by atoms with van der Waals surface area (Å²) < 4.78 is 5.50. The largest absolute Gasteiger partial charge is 0.417 e. The molecule has 0 aliphatic rings. The number of oxazole rings is 1. The van der Waals surface area contributed by atoms with Crippen molar-refractivity contribution in [3.05, 3.63) is 62.0 Å². The minimum absolute atomic E-state index is 0.288. The Morgan fingerprint density at radius 3 is 2.81 bits per heavy atom. The van der Waals surface area contributed by atoms with E-state index in [2.05, 4.69) is 26.2 Å². The van der Waals surface area contributed by atoms with Crippen LogP contribution in [0.2, 0.25) is 5.02 Å². The topological polar surface area (TPSA) is 75.1 Å². The number of carbonyl (C=O) groups is 1. The number of aromatic amines is 1. The number of nitrogens with one attached hydrogen (secondary N) is 2. The maximum atomic E-state index is 12.2. The van der Waals surface area contributed by atoms with Crippen molar-refractivity contribution < 1.29 is 9.21 Å². The fourth-order valence-electron chi connectivity index (χ4n) is 1.90. The molecule has 2 aromatic carbocycles. The molecular formula is C14H8BrClN2O3. The first-order chi connectivity index (χ1) is 10.0. The SMILES string of the molecule is O=C(Nc1ccc2oc(=O)[nH]c2c1)c1ccc(Cl)cc1Br. The van der Waals surface area contributed by atoms with E-state index in [1.165, 1.54) is 0 Å². The standard InChI is InChI=1S/C14H8BrClN2O3/c15-10-5-7(16)1-3-9(10)13(19)17-8-2-4-12-11(6-8)18-14(20)21-12/h1-6H,(H,17,19)(H,18,20). The lowest BCUT2D eigenvalue weighted by atomic mass is 10.2. The summed E-state index contributed by atoms with van der Waals surface area (Å²) in [5.74, 6) is -0.822. The number of fused-ring (bicyclic) bond motifs is 1. The van der Waals surface area contributed by atoms with E-state index in [1.54, 1.807) is 36.4 Å². The zero-order chi connectivity index (χ0) is 15.0. The summed E-state index contributed by atoms with van der Waals surface area (Å²) in [5, 5.41) is 3.28. The van der Waals surface area contributed by atoms with Crippen LogP contribution in [0.1, 0.15) is 10.4 Å². The zero-order valence-electron chi connectivity index (χ0n) is 10.4. The Labute approximate surface area is 132 Å². The molecule has 3 rings (SSSR count). The van der Waals surface area contributed by atoms with Gasteiger partial charge in [0.2, 0.25) is 0 Å². The van der Waals surface area contributed by atoms with Crippen LogP contribution in [0.5, 0.6) is 0 Å². The third-order valence-corrected chi connectivity index (χ3v) is 3.74. The number of aromatic nitrogens is 1. The Morgan fingerprint density at radius 1 is 1.24 bits per heavy atom. The van der Waals surface area contributed by atoms with Gasteiger partial charge in [0, 0.05) is 15.2 Å². The van der Waals surface area contributed by atoms with E-state index in [4.69, 9.17) is 16.0 Å². The zero-order valence-corrected chi connectivity index (χ0v) is 12.8. The Bertz CT molecular complexity index is 901. The van der Waals surface area contributed by atoms with E-state index < -0.39 is 5.76 Å². The molecule has 0 spiro atoms. The number of benzene rings is 2. The quantitative estimate of drug-likeness (QED) is 0.723. The second-order valence-electron chi connectivity index (χ2n) is 4.30. The Balaban J connectivity index is 1.90. The van der Waals surface area contributed by atoms with Gasteiger partial charge in [-0.2, -0.15) is 0 Å². The number of halogens is 2. The van der Waals surface area contributed by atoms with Crippen LogP contribution in [0, 0.1) is 0 Å². The highest BCUT2D eigenvalue weighted by Gasteiger charge is 2.11. The molecule has 0 radical (unpaired) electrons. The lowest BCUT2D eigenvalue weighted by Crippen LogP contribution is -2.12. The smallest absolute Gasteiger partial charge is 0.408 e. The predicted octanol–water partition coefficient (Wildman–Crippen LogP) is 3.79. The van der Waals surface area contributed by atoms with Crippen molar-refractivity contribution in [2.45, 2.75) is 0 Å². The molecule has 5 nitrogen and oxygen atoms in total. The van der Waals surface area contributed by atoms with Gasteiger partial charge in [0.15, 0.2) is 5.58 Å². The molecule has 0 aliphatic heterocycles. The summed E-state index contributed by atoms with van der Waals surface area (Å²) in [5.41, 5.74) is 1.96. The number of amides is 1. The number of H-pyrrole nitrogens is 1. The first kappa shape index (κ1) is 13.9. The Hall–Kier alpha value is -2.05. The number of hydrogen-bond acceptors (Lipinski definition) is 3. The van der Waals surface area contributed by atoms with E-state index in [-0.39, 0.29) is 5.91 Å². The molecular weight excluding hydrogens is 360 g/mol. The second kappa shape index (κ2) is 5.38. The van der Waals surface area contributed by atoms with Gasteiger partial charge in [0.1, 0.15) is 0 Å². The van der Waals surface area contributed by atoms with Crippen molar-refractivity contribution in [2.75, 3.05) is 5.32 Å². The summed E-state index contributed by atoms with van der Waals surface area (Å²) >= 11 is 9.14. The van der Waals surface area contributed by atoms with Gasteiger partial charge in [-0.25, -0.2) is 4.79 Å². The monoisotopic (exact) mass is 366 g/mol. The second-order valence-corrected chi connectivity index (χ2v) is 5.59. The maximum absolute atomic E-state index is 12.2. The van der Waals surface area contributed by atoms with Gasteiger partial charge in [-0.1, -0.05) is 11.6 Å². The van der Waals surface area contributed by atoms with Gasteiger partial charge in [-0.15, -0.1) is 0 Å². The third kappa shape index (κ3) is 2.86.